The molecule has 0 unspecified atom stereocenters. The fourth-order valence-corrected chi connectivity index (χ4v) is 3.96. The molecule has 0 aliphatic rings. The highest BCUT2D eigenvalue weighted by atomic mass is 32.1. The number of hydrogen-bond donors (Lipinski definition) is 2. The number of pyridine rings is 1. The lowest BCUT2D eigenvalue weighted by Crippen LogP contribution is -2.23. The summed E-state index contributed by atoms with van der Waals surface area (Å²) in [7, 11) is 0. The van der Waals surface area contributed by atoms with E-state index in [9.17, 15) is 9.90 Å². The number of benzene rings is 2. The molecule has 31 heavy (non-hydrogen) atoms. The fraction of sp³-hybridized carbons (Fsp3) is 0.208. The molecule has 0 aliphatic carbocycles. The van der Waals surface area contributed by atoms with Gasteiger partial charge in [0.05, 0.1) is 20.8 Å². The first kappa shape index (κ1) is 21.0. The molecule has 0 fully saturated rings. The Morgan fingerprint density at radius 1 is 1.16 bits per heavy atom. The number of nitrogens with zero attached hydrogens (tertiary/aromatic N) is 2. The smallest absolute Gasteiger partial charge is 0.257 e. The van der Waals surface area contributed by atoms with Crippen LogP contribution in [0.2, 0.25) is 0 Å². The van der Waals surface area contributed by atoms with Crippen molar-refractivity contribution in [2.24, 2.45) is 0 Å². The normalized spacial score (nSPS) is 11.5. The van der Waals surface area contributed by atoms with E-state index in [0.29, 0.717) is 17.9 Å². The maximum absolute atomic E-state index is 12.8. The minimum atomic E-state index is -0.899. The van der Waals surface area contributed by atoms with Gasteiger partial charge in [0.1, 0.15) is 11.3 Å². The minimum Gasteiger partial charge on any atom is -0.438 e. The number of ether oxygens (including phenoxy) is 1. The lowest BCUT2D eigenvalue weighted by molar-refractivity contribution is 0.0785. The van der Waals surface area contributed by atoms with E-state index in [1.54, 1.807) is 43.5 Å². The Hall–Kier alpha value is -3.29. The average Bonchev–Trinajstić information content (AvgIpc) is 3.11. The maximum atomic E-state index is 12.8. The largest absolute Gasteiger partial charge is 0.438 e. The van der Waals surface area contributed by atoms with Crippen LogP contribution in [-0.2, 0) is 12.1 Å². The van der Waals surface area contributed by atoms with Gasteiger partial charge in [0.15, 0.2) is 0 Å². The summed E-state index contributed by atoms with van der Waals surface area (Å²) in [5.41, 5.74) is 2.06. The molecule has 0 bridgehead atoms. The number of hydrogen-bond acceptors (Lipinski definition) is 6. The van der Waals surface area contributed by atoms with E-state index in [-0.39, 0.29) is 11.8 Å². The van der Waals surface area contributed by atoms with Gasteiger partial charge < -0.3 is 15.2 Å². The molecular weight excluding hydrogens is 410 g/mol. The molecule has 0 spiro atoms. The van der Waals surface area contributed by atoms with Crippen molar-refractivity contribution in [1.29, 1.82) is 0 Å². The summed E-state index contributed by atoms with van der Waals surface area (Å²) in [5.74, 6) is 0.539. The number of carbonyl (C=O) groups is 1. The van der Waals surface area contributed by atoms with Crippen LogP contribution in [0, 0.1) is 6.92 Å². The number of aliphatic hydroxyl groups is 1. The lowest BCUT2D eigenvalue weighted by atomic mass is 9.97. The van der Waals surface area contributed by atoms with Crippen LogP contribution in [0.1, 0.15) is 40.3 Å². The van der Waals surface area contributed by atoms with Crippen LogP contribution in [0.15, 0.2) is 60.8 Å². The summed E-state index contributed by atoms with van der Waals surface area (Å²) in [6.45, 7) is 5.79. The van der Waals surface area contributed by atoms with Crippen molar-refractivity contribution in [2.45, 2.75) is 32.9 Å². The van der Waals surface area contributed by atoms with E-state index >= 15 is 0 Å². The van der Waals surface area contributed by atoms with Gasteiger partial charge in [-0.2, -0.15) is 0 Å². The SMILES string of the molecule is Cc1nc2cc(Oc3ncccc3C(=O)NCc3ccc(C(C)(C)O)cc3)ccc2s1. The van der Waals surface area contributed by atoms with Crippen molar-refractivity contribution in [3.05, 3.63) is 82.5 Å². The third kappa shape index (κ3) is 4.90. The third-order valence-corrected chi connectivity index (χ3v) is 5.76. The molecule has 4 rings (SSSR count). The molecule has 2 aromatic carbocycles. The third-order valence-electron chi connectivity index (χ3n) is 4.81. The molecule has 158 valence electrons. The van der Waals surface area contributed by atoms with Crippen molar-refractivity contribution in [3.63, 3.8) is 0 Å². The number of amides is 1. The molecule has 0 radical (unpaired) electrons. The number of fused-ring (bicyclic) bond motifs is 1. The molecule has 0 saturated carbocycles. The number of carbonyl (C=O) groups excluding carboxylic acids is 1. The van der Waals surface area contributed by atoms with Gasteiger partial charge >= 0.3 is 0 Å². The second kappa shape index (κ2) is 8.45. The molecular formula is C24H23N3O3S. The monoisotopic (exact) mass is 433 g/mol. The van der Waals surface area contributed by atoms with Gasteiger partial charge in [-0.3, -0.25) is 4.79 Å². The van der Waals surface area contributed by atoms with E-state index < -0.39 is 5.60 Å². The molecule has 7 heteroatoms. The van der Waals surface area contributed by atoms with Crippen LogP contribution < -0.4 is 10.1 Å². The number of rotatable bonds is 6. The molecule has 2 heterocycles. The molecule has 2 aromatic heterocycles. The van der Waals surface area contributed by atoms with Gasteiger partial charge in [0, 0.05) is 18.8 Å². The molecule has 1 amide bonds. The Balaban J connectivity index is 1.47. The number of aryl methyl sites for hydroxylation is 1. The van der Waals surface area contributed by atoms with E-state index in [1.807, 2.05) is 49.4 Å². The molecule has 6 nitrogen and oxygen atoms in total. The number of thiazole rings is 1. The number of aromatic nitrogens is 2. The van der Waals surface area contributed by atoms with Crippen molar-refractivity contribution in [3.8, 4) is 11.6 Å². The Bertz CT molecular complexity index is 1230. The van der Waals surface area contributed by atoms with Crippen LogP contribution in [0.5, 0.6) is 11.6 Å². The van der Waals surface area contributed by atoms with Crippen molar-refractivity contribution < 1.29 is 14.6 Å². The van der Waals surface area contributed by atoms with Crippen LogP contribution in [0.3, 0.4) is 0 Å². The summed E-state index contributed by atoms with van der Waals surface area (Å²) >= 11 is 1.62. The minimum absolute atomic E-state index is 0.240. The quantitative estimate of drug-likeness (QED) is 0.449. The van der Waals surface area contributed by atoms with Crippen LogP contribution in [0.25, 0.3) is 10.2 Å². The van der Waals surface area contributed by atoms with Crippen molar-refractivity contribution in [1.82, 2.24) is 15.3 Å². The molecule has 0 aliphatic heterocycles. The summed E-state index contributed by atoms with van der Waals surface area (Å²) in [6, 6.07) is 16.5. The first-order valence-electron chi connectivity index (χ1n) is 9.90. The van der Waals surface area contributed by atoms with Gasteiger partial charge in [-0.1, -0.05) is 24.3 Å². The van der Waals surface area contributed by atoms with E-state index in [1.165, 1.54) is 0 Å². The zero-order chi connectivity index (χ0) is 22.0. The van der Waals surface area contributed by atoms with Gasteiger partial charge in [-0.15, -0.1) is 11.3 Å². The fourth-order valence-electron chi connectivity index (χ4n) is 3.15. The standard InChI is InChI=1S/C24H23N3O3S/c1-15-27-20-13-18(10-11-21(20)31-15)30-23-19(5-4-12-25-23)22(28)26-14-16-6-8-17(9-7-16)24(2,3)29/h4-13,29H,14H2,1-3H3,(H,26,28). The van der Waals surface area contributed by atoms with E-state index in [4.69, 9.17) is 4.74 Å². The second-order valence-corrected chi connectivity index (χ2v) is 8.99. The Morgan fingerprint density at radius 2 is 1.94 bits per heavy atom. The highest BCUT2D eigenvalue weighted by Crippen LogP contribution is 2.29. The molecule has 0 atom stereocenters. The highest BCUT2D eigenvalue weighted by Gasteiger charge is 2.17. The lowest BCUT2D eigenvalue weighted by Gasteiger charge is -2.18. The van der Waals surface area contributed by atoms with Crippen LogP contribution >= 0.6 is 11.3 Å². The summed E-state index contributed by atoms with van der Waals surface area (Å²) in [6.07, 6.45) is 1.59. The topological polar surface area (TPSA) is 84.3 Å². The number of nitrogens with one attached hydrogen (secondary N) is 1. The van der Waals surface area contributed by atoms with E-state index in [0.717, 1.165) is 26.4 Å². The average molecular weight is 434 g/mol. The van der Waals surface area contributed by atoms with Crippen molar-refractivity contribution in [2.75, 3.05) is 0 Å². The zero-order valence-electron chi connectivity index (χ0n) is 17.5. The van der Waals surface area contributed by atoms with Crippen molar-refractivity contribution >= 4 is 27.5 Å². The molecule has 2 N–H and O–H groups in total. The molecule has 0 saturated heterocycles. The summed E-state index contributed by atoms with van der Waals surface area (Å²) < 4.78 is 7.00. The summed E-state index contributed by atoms with van der Waals surface area (Å²) in [5, 5.41) is 14.0. The maximum Gasteiger partial charge on any atom is 0.257 e. The summed E-state index contributed by atoms with van der Waals surface area (Å²) in [4.78, 5) is 21.5. The van der Waals surface area contributed by atoms with Crippen LogP contribution in [0.4, 0.5) is 0 Å². The van der Waals surface area contributed by atoms with Gasteiger partial charge in [-0.05, 0) is 56.2 Å². The van der Waals surface area contributed by atoms with Gasteiger partial charge in [-0.25, -0.2) is 9.97 Å². The Labute approximate surface area is 184 Å². The Morgan fingerprint density at radius 3 is 2.68 bits per heavy atom. The predicted molar refractivity (Wildman–Crippen MR) is 122 cm³/mol. The zero-order valence-corrected chi connectivity index (χ0v) is 18.4. The van der Waals surface area contributed by atoms with Gasteiger partial charge in [0.25, 0.3) is 5.91 Å². The molecule has 4 aromatic rings. The first-order valence-corrected chi connectivity index (χ1v) is 10.7. The first-order chi connectivity index (χ1) is 14.8. The Kier molecular flexibility index (Phi) is 5.71. The van der Waals surface area contributed by atoms with Gasteiger partial charge in [0.2, 0.25) is 5.88 Å². The van der Waals surface area contributed by atoms with E-state index in [2.05, 4.69) is 15.3 Å². The second-order valence-electron chi connectivity index (χ2n) is 7.76. The predicted octanol–water partition coefficient (Wildman–Crippen LogP) is 4.95. The van der Waals surface area contributed by atoms with Crippen LogP contribution in [-0.4, -0.2) is 21.0 Å². The highest BCUT2D eigenvalue weighted by molar-refractivity contribution is 7.18.